The zero-order valence-electron chi connectivity index (χ0n) is 14.2. The Bertz CT molecular complexity index is 520. The van der Waals surface area contributed by atoms with E-state index >= 15 is 0 Å². The molecule has 0 aliphatic carbocycles. The molecule has 4 bridgehead atoms. The van der Waals surface area contributed by atoms with E-state index in [4.69, 9.17) is 9.47 Å². The molecule has 3 nitrogen and oxygen atoms in total. The summed E-state index contributed by atoms with van der Waals surface area (Å²) < 4.78 is 12.4. The van der Waals surface area contributed by atoms with Crippen LogP contribution in [0.5, 0.6) is 0 Å². The first-order valence-electron chi connectivity index (χ1n) is 9.33. The molecule has 3 heterocycles. The van der Waals surface area contributed by atoms with Crippen LogP contribution in [-0.2, 0) is 16.1 Å². The summed E-state index contributed by atoms with van der Waals surface area (Å²) in [5.74, 6) is 0.547. The summed E-state index contributed by atoms with van der Waals surface area (Å²) in [5.41, 5.74) is 1.64. The normalized spacial score (nSPS) is 38.7. The van der Waals surface area contributed by atoms with Gasteiger partial charge in [-0.05, 0) is 31.2 Å². The van der Waals surface area contributed by atoms with E-state index in [1.807, 2.05) is 0 Å². The van der Waals surface area contributed by atoms with Crippen LogP contribution in [0.25, 0.3) is 0 Å². The van der Waals surface area contributed by atoms with Crippen LogP contribution in [0.1, 0.15) is 51.0 Å². The van der Waals surface area contributed by atoms with E-state index < -0.39 is 0 Å². The Balaban J connectivity index is 1.50. The van der Waals surface area contributed by atoms with Crippen molar-refractivity contribution >= 4 is 0 Å². The van der Waals surface area contributed by atoms with Crippen molar-refractivity contribution in [1.82, 2.24) is 4.90 Å². The Morgan fingerprint density at radius 2 is 2.17 bits per heavy atom. The molecule has 0 spiro atoms. The number of nitrogens with zero attached hydrogens (tertiary/aromatic N) is 1. The van der Waals surface area contributed by atoms with Gasteiger partial charge in [-0.1, -0.05) is 50.1 Å². The van der Waals surface area contributed by atoms with Crippen LogP contribution >= 0.6 is 0 Å². The van der Waals surface area contributed by atoms with Crippen LogP contribution in [0.2, 0.25) is 0 Å². The molecule has 0 N–H and O–H groups in total. The molecule has 4 rings (SSSR count). The van der Waals surface area contributed by atoms with Gasteiger partial charge < -0.3 is 9.47 Å². The zero-order valence-corrected chi connectivity index (χ0v) is 14.2. The monoisotopic (exact) mass is 315 g/mol. The van der Waals surface area contributed by atoms with E-state index in [0.29, 0.717) is 23.6 Å². The first-order valence-corrected chi connectivity index (χ1v) is 9.33. The molecule has 3 fully saturated rings. The largest absolute Gasteiger partial charge is 0.373 e. The SMILES string of the molecule is CCCC[C@@]12CC[C@H]3C[C@@H](OCc4ccccc4)[C@@H]1COCN32. The van der Waals surface area contributed by atoms with Gasteiger partial charge in [0.15, 0.2) is 0 Å². The van der Waals surface area contributed by atoms with Crippen molar-refractivity contribution in [3.8, 4) is 0 Å². The second kappa shape index (κ2) is 6.54. The maximum Gasteiger partial charge on any atom is 0.0997 e. The highest BCUT2D eigenvalue weighted by atomic mass is 16.5. The van der Waals surface area contributed by atoms with Gasteiger partial charge in [0.2, 0.25) is 0 Å². The van der Waals surface area contributed by atoms with Crippen LogP contribution in [0.15, 0.2) is 30.3 Å². The van der Waals surface area contributed by atoms with Crippen LogP contribution in [-0.4, -0.2) is 35.9 Å². The van der Waals surface area contributed by atoms with E-state index in [-0.39, 0.29) is 0 Å². The summed E-state index contributed by atoms with van der Waals surface area (Å²) in [4.78, 5) is 2.69. The van der Waals surface area contributed by atoms with Gasteiger partial charge in [-0.25, -0.2) is 0 Å². The predicted molar refractivity (Wildman–Crippen MR) is 91.1 cm³/mol. The second-order valence-corrected chi connectivity index (χ2v) is 7.55. The van der Waals surface area contributed by atoms with E-state index in [0.717, 1.165) is 19.9 Å². The maximum absolute atomic E-state index is 6.43. The molecule has 126 valence electrons. The van der Waals surface area contributed by atoms with Crippen LogP contribution in [0.3, 0.4) is 0 Å². The average Bonchev–Trinajstić information content (AvgIpc) is 2.86. The number of hydrogen-bond donors (Lipinski definition) is 0. The Kier molecular flexibility index (Phi) is 4.44. The van der Waals surface area contributed by atoms with Crippen molar-refractivity contribution in [3.63, 3.8) is 0 Å². The summed E-state index contributed by atoms with van der Waals surface area (Å²) in [7, 11) is 0. The Morgan fingerprint density at radius 1 is 1.30 bits per heavy atom. The summed E-state index contributed by atoms with van der Waals surface area (Å²) in [6.07, 6.45) is 8.14. The third-order valence-electron chi connectivity index (χ3n) is 6.36. The zero-order chi connectivity index (χ0) is 15.7. The van der Waals surface area contributed by atoms with Crippen molar-refractivity contribution in [1.29, 1.82) is 0 Å². The first-order chi connectivity index (χ1) is 11.3. The molecule has 1 aromatic carbocycles. The van der Waals surface area contributed by atoms with Gasteiger partial charge in [0, 0.05) is 17.5 Å². The van der Waals surface area contributed by atoms with Gasteiger partial charge in [0.05, 0.1) is 26.0 Å². The lowest BCUT2D eigenvalue weighted by Gasteiger charge is -2.56. The molecule has 0 amide bonds. The minimum absolute atomic E-state index is 0.358. The minimum Gasteiger partial charge on any atom is -0.373 e. The minimum atomic E-state index is 0.358. The van der Waals surface area contributed by atoms with Gasteiger partial charge in [0.1, 0.15) is 0 Å². The van der Waals surface area contributed by atoms with Gasteiger partial charge in [-0.3, -0.25) is 4.90 Å². The van der Waals surface area contributed by atoms with Crippen molar-refractivity contribution < 1.29 is 9.47 Å². The molecular formula is C20H29NO2. The standard InChI is InChI=1S/C20H29NO2/c1-2-3-10-20-11-9-17-12-19(18(20)14-22-15-21(17)20)23-13-16-7-5-4-6-8-16/h4-8,17-19H,2-3,9-15H2,1H3/t17-,18-,19+,20+/m0/s1. The van der Waals surface area contributed by atoms with E-state index in [1.165, 1.54) is 44.1 Å². The molecule has 1 unspecified atom stereocenters. The highest BCUT2D eigenvalue weighted by Crippen LogP contribution is 2.52. The number of ether oxygens (including phenoxy) is 2. The number of benzene rings is 1. The van der Waals surface area contributed by atoms with Crippen LogP contribution in [0, 0.1) is 5.92 Å². The number of hydrogen-bond acceptors (Lipinski definition) is 3. The van der Waals surface area contributed by atoms with Crippen molar-refractivity contribution in [2.24, 2.45) is 5.92 Å². The molecule has 3 aliphatic heterocycles. The maximum atomic E-state index is 6.43. The Hall–Kier alpha value is -0.900. The third kappa shape index (κ3) is 2.73. The summed E-state index contributed by atoms with van der Waals surface area (Å²) in [6.45, 7) is 4.76. The fourth-order valence-electron chi connectivity index (χ4n) is 5.17. The Morgan fingerprint density at radius 3 is 3.00 bits per heavy atom. The molecule has 0 saturated carbocycles. The lowest BCUT2D eigenvalue weighted by atomic mass is 9.72. The molecule has 3 aliphatic rings. The van der Waals surface area contributed by atoms with Crippen molar-refractivity contribution in [2.75, 3.05) is 13.3 Å². The lowest BCUT2D eigenvalue weighted by Crippen LogP contribution is -2.65. The molecule has 3 saturated heterocycles. The molecular weight excluding hydrogens is 286 g/mol. The summed E-state index contributed by atoms with van der Waals surface area (Å²) >= 11 is 0. The van der Waals surface area contributed by atoms with E-state index in [9.17, 15) is 0 Å². The highest BCUT2D eigenvalue weighted by Gasteiger charge is 2.59. The smallest absolute Gasteiger partial charge is 0.0997 e. The first kappa shape index (κ1) is 15.6. The average molecular weight is 315 g/mol. The number of unbranched alkanes of at least 4 members (excludes halogenated alkanes) is 1. The molecule has 3 heteroatoms. The quantitative estimate of drug-likeness (QED) is 0.793. The number of rotatable bonds is 6. The van der Waals surface area contributed by atoms with Gasteiger partial charge >= 0.3 is 0 Å². The van der Waals surface area contributed by atoms with Crippen molar-refractivity contribution in [3.05, 3.63) is 35.9 Å². The molecule has 23 heavy (non-hydrogen) atoms. The molecule has 0 aromatic heterocycles. The van der Waals surface area contributed by atoms with Crippen LogP contribution in [0.4, 0.5) is 0 Å². The topological polar surface area (TPSA) is 21.7 Å². The van der Waals surface area contributed by atoms with E-state index in [1.54, 1.807) is 0 Å². The predicted octanol–water partition coefficient (Wildman–Crippen LogP) is 3.97. The van der Waals surface area contributed by atoms with Gasteiger partial charge in [-0.15, -0.1) is 0 Å². The van der Waals surface area contributed by atoms with Crippen molar-refractivity contribution in [2.45, 2.75) is 69.7 Å². The lowest BCUT2D eigenvalue weighted by molar-refractivity contribution is -0.205. The van der Waals surface area contributed by atoms with Crippen LogP contribution < -0.4 is 0 Å². The fourth-order valence-corrected chi connectivity index (χ4v) is 5.17. The second-order valence-electron chi connectivity index (χ2n) is 7.55. The Labute approximate surface area is 140 Å². The summed E-state index contributed by atoms with van der Waals surface area (Å²) in [6, 6.07) is 11.2. The molecule has 1 aromatic rings. The van der Waals surface area contributed by atoms with Gasteiger partial charge in [-0.2, -0.15) is 0 Å². The highest BCUT2D eigenvalue weighted by molar-refractivity contribution is 5.15. The number of piperidine rings is 1. The molecule has 0 radical (unpaired) electrons. The molecule has 5 atom stereocenters. The summed E-state index contributed by atoms with van der Waals surface area (Å²) in [5, 5.41) is 0. The van der Waals surface area contributed by atoms with Gasteiger partial charge in [0.25, 0.3) is 0 Å². The van der Waals surface area contributed by atoms with E-state index in [2.05, 4.69) is 42.2 Å². The fraction of sp³-hybridized carbons (Fsp3) is 0.700. The third-order valence-corrected chi connectivity index (χ3v) is 6.36.